The first kappa shape index (κ1) is 17.0. The average Bonchev–Trinajstić information content (AvgIpc) is 2.46. The minimum absolute atomic E-state index is 0.292. The molecule has 1 unspecified atom stereocenters. The minimum atomic E-state index is 0.292. The van der Waals surface area contributed by atoms with E-state index in [4.69, 9.17) is 9.47 Å². The number of aryl methyl sites for hydroxylation is 1. The Morgan fingerprint density at radius 3 is 2.65 bits per heavy atom. The standard InChI is InChI=1S/C17H29NO2/c1-5-6-11-20-12-7-10-18-15(3)16-13-14(2)8-9-17(16)19-4/h8-9,13,15,18H,5-7,10-12H2,1-4H3. The SMILES string of the molecule is CCCCOCCCNC(C)c1cc(C)ccc1OC. The number of rotatable bonds is 10. The van der Waals surface area contributed by atoms with Gasteiger partial charge in [-0.25, -0.2) is 0 Å². The third-order valence-corrected chi connectivity index (χ3v) is 3.41. The number of nitrogens with one attached hydrogen (secondary N) is 1. The molecule has 1 aromatic carbocycles. The molecule has 20 heavy (non-hydrogen) atoms. The third-order valence-electron chi connectivity index (χ3n) is 3.41. The van der Waals surface area contributed by atoms with Crippen LogP contribution in [0.15, 0.2) is 18.2 Å². The topological polar surface area (TPSA) is 30.5 Å². The van der Waals surface area contributed by atoms with E-state index in [0.29, 0.717) is 6.04 Å². The van der Waals surface area contributed by atoms with Crippen molar-refractivity contribution >= 4 is 0 Å². The number of methoxy groups -OCH3 is 1. The van der Waals surface area contributed by atoms with Gasteiger partial charge in [-0.05, 0) is 39.3 Å². The van der Waals surface area contributed by atoms with Crippen molar-refractivity contribution in [3.05, 3.63) is 29.3 Å². The lowest BCUT2D eigenvalue weighted by Crippen LogP contribution is -2.21. The van der Waals surface area contributed by atoms with Crippen LogP contribution in [-0.2, 0) is 4.74 Å². The molecule has 0 bridgehead atoms. The van der Waals surface area contributed by atoms with Crippen LogP contribution in [0, 0.1) is 6.92 Å². The summed E-state index contributed by atoms with van der Waals surface area (Å²) in [7, 11) is 1.72. The first-order chi connectivity index (χ1) is 9.69. The van der Waals surface area contributed by atoms with Gasteiger partial charge in [0.15, 0.2) is 0 Å². The molecule has 1 atom stereocenters. The highest BCUT2D eigenvalue weighted by Crippen LogP contribution is 2.25. The normalized spacial score (nSPS) is 12.4. The first-order valence-electron chi connectivity index (χ1n) is 7.64. The van der Waals surface area contributed by atoms with Crippen LogP contribution in [0.25, 0.3) is 0 Å². The van der Waals surface area contributed by atoms with Gasteiger partial charge >= 0.3 is 0 Å². The van der Waals surface area contributed by atoms with Gasteiger partial charge in [0.1, 0.15) is 5.75 Å². The molecule has 0 saturated heterocycles. The monoisotopic (exact) mass is 279 g/mol. The highest BCUT2D eigenvalue weighted by molar-refractivity contribution is 5.38. The van der Waals surface area contributed by atoms with E-state index >= 15 is 0 Å². The molecule has 114 valence electrons. The number of hydrogen-bond acceptors (Lipinski definition) is 3. The van der Waals surface area contributed by atoms with Crippen molar-refractivity contribution in [2.24, 2.45) is 0 Å². The van der Waals surface area contributed by atoms with Crippen LogP contribution in [0.5, 0.6) is 5.75 Å². The number of unbranched alkanes of at least 4 members (excludes halogenated alkanes) is 1. The highest BCUT2D eigenvalue weighted by atomic mass is 16.5. The van der Waals surface area contributed by atoms with Crippen LogP contribution in [0.2, 0.25) is 0 Å². The summed E-state index contributed by atoms with van der Waals surface area (Å²) in [5.41, 5.74) is 2.48. The maximum Gasteiger partial charge on any atom is 0.123 e. The van der Waals surface area contributed by atoms with Crippen molar-refractivity contribution in [2.45, 2.75) is 46.1 Å². The number of hydrogen-bond donors (Lipinski definition) is 1. The van der Waals surface area contributed by atoms with Gasteiger partial charge in [0.25, 0.3) is 0 Å². The zero-order chi connectivity index (χ0) is 14.8. The van der Waals surface area contributed by atoms with Crippen LogP contribution in [0.3, 0.4) is 0 Å². The van der Waals surface area contributed by atoms with E-state index in [2.05, 4.69) is 38.2 Å². The van der Waals surface area contributed by atoms with Gasteiger partial charge in [-0.15, -0.1) is 0 Å². The smallest absolute Gasteiger partial charge is 0.123 e. The molecular formula is C17H29NO2. The molecule has 0 aromatic heterocycles. The summed E-state index contributed by atoms with van der Waals surface area (Å²) in [6.45, 7) is 9.15. The van der Waals surface area contributed by atoms with Gasteiger partial charge in [0.2, 0.25) is 0 Å². The van der Waals surface area contributed by atoms with Gasteiger partial charge < -0.3 is 14.8 Å². The molecule has 0 amide bonds. The van der Waals surface area contributed by atoms with E-state index < -0.39 is 0 Å². The Bertz CT molecular complexity index is 379. The molecule has 0 heterocycles. The molecule has 1 rings (SSSR count). The second-order valence-corrected chi connectivity index (χ2v) is 5.24. The summed E-state index contributed by atoms with van der Waals surface area (Å²) in [4.78, 5) is 0. The molecule has 0 spiro atoms. The van der Waals surface area contributed by atoms with E-state index in [0.717, 1.165) is 38.3 Å². The predicted octanol–water partition coefficient (Wildman–Crippen LogP) is 3.86. The second kappa shape index (κ2) is 9.78. The first-order valence-corrected chi connectivity index (χ1v) is 7.64. The molecule has 3 nitrogen and oxygen atoms in total. The van der Waals surface area contributed by atoms with Crippen LogP contribution in [-0.4, -0.2) is 26.9 Å². The Labute approximate surface area is 123 Å². The third kappa shape index (κ3) is 5.93. The second-order valence-electron chi connectivity index (χ2n) is 5.24. The van der Waals surface area contributed by atoms with Crippen LogP contribution >= 0.6 is 0 Å². The molecular weight excluding hydrogens is 250 g/mol. The van der Waals surface area contributed by atoms with Gasteiger partial charge in [0.05, 0.1) is 7.11 Å². The molecule has 0 aliphatic heterocycles. The quantitative estimate of drug-likeness (QED) is 0.660. The summed E-state index contributed by atoms with van der Waals surface area (Å²) in [5, 5.41) is 3.53. The molecule has 1 N–H and O–H groups in total. The van der Waals surface area contributed by atoms with E-state index in [1.165, 1.54) is 17.5 Å². The van der Waals surface area contributed by atoms with Crippen molar-refractivity contribution in [3.8, 4) is 5.75 Å². The van der Waals surface area contributed by atoms with E-state index in [-0.39, 0.29) is 0 Å². The fourth-order valence-corrected chi connectivity index (χ4v) is 2.14. The fourth-order valence-electron chi connectivity index (χ4n) is 2.14. The summed E-state index contributed by atoms with van der Waals surface area (Å²) >= 11 is 0. The predicted molar refractivity (Wildman–Crippen MR) is 84.5 cm³/mol. The lowest BCUT2D eigenvalue weighted by molar-refractivity contribution is 0.128. The molecule has 0 fully saturated rings. The van der Waals surface area contributed by atoms with Crippen molar-refractivity contribution in [1.29, 1.82) is 0 Å². The lowest BCUT2D eigenvalue weighted by Gasteiger charge is -2.18. The fraction of sp³-hybridized carbons (Fsp3) is 0.647. The summed E-state index contributed by atoms with van der Waals surface area (Å²) in [5.74, 6) is 0.954. The Hall–Kier alpha value is -1.06. The van der Waals surface area contributed by atoms with Crippen molar-refractivity contribution in [3.63, 3.8) is 0 Å². The molecule has 3 heteroatoms. The van der Waals surface area contributed by atoms with Crippen LogP contribution in [0.1, 0.15) is 50.3 Å². The Morgan fingerprint density at radius 2 is 1.95 bits per heavy atom. The van der Waals surface area contributed by atoms with Crippen molar-refractivity contribution in [1.82, 2.24) is 5.32 Å². The summed E-state index contributed by atoms with van der Waals surface area (Å²) in [6.07, 6.45) is 3.40. The number of ether oxygens (including phenoxy) is 2. The number of benzene rings is 1. The van der Waals surface area contributed by atoms with Crippen molar-refractivity contribution in [2.75, 3.05) is 26.9 Å². The van der Waals surface area contributed by atoms with Crippen molar-refractivity contribution < 1.29 is 9.47 Å². The maximum atomic E-state index is 5.56. The maximum absolute atomic E-state index is 5.56. The van der Waals surface area contributed by atoms with Gasteiger partial charge in [0, 0.05) is 24.8 Å². The molecule has 0 saturated carbocycles. The minimum Gasteiger partial charge on any atom is -0.496 e. The van der Waals surface area contributed by atoms with E-state index in [1.54, 1.807) is 7.11 Å². The lowest BCUT2D eigenvalue weighted by atomic mass is 10.0. The van der Waals surface area contributed by atoms with Crippen LogP contribution < -0.4 is 10.1 Å². The van der Waals surface area contributed by atoms with E-state index in [1.807, 2.05) is 6.07 Å². The molecule has 1 aromatic rings. The molecule has 0 radical (unpaired) electrons. The largest absolute Gasteiger partial charge is 0.496 e. The Morgan fingerprint density at radius 1 is 1.20 bits per heavy atom. The molecule has 0 aliphatic carbocycles. The van der Waals surface area contributed by atoms with Gasteiger partial charge in [-0.3, -0.25) is 0 Å². The van der Waals surface area contributed by atoms with E-state index in [9.17, 15) is 0 Å². The van der Waals surface area contributed by atoms with Gasteiger partial charge in [-0.1, -0.05) is 31.0 Å². The average molecular weight is 279 g/mol. The Kier molecular flexibility index (Phi) is 8.31. The van der Waals surface area contributed by atoms with Crippen LogP contribution in [0.4, 0.5) is 0 Å². The summed E-state index contributed by atoms with van der Waals surface area (Å²) in [6, 6.07) is 6.60. The zero-order valence-corrected chi connectivity index (χ0v) is 13.4. The van der Waals surface area contributed by atoms with Gasteiger partial charge in [-0.2, -0.15) is 0 Å². The Balaban J connectivity index is 2.32. The zero-order valence-electron chi connectivity index (χ0n) is 13.4. The molecule has 0 aliphatic rings. The summed E-state index contributed by atoms with van der Waals surface area (Å²) < 4.78 is 11.0. The highest BCUT2D eigenvalue weighted by Gasteiger charge is 2.10.